The van der Waals surface area contributed by atoms with E-state index >= 15 is 0 Å². The molecular weight excluding hydrogens is 252 g/mol. The molecule has 1 N–H and O–H groups in total. The van der Waals surface area contributed by atoms with Crippen LogP contribution in [-0.4, -0.2) is 22.9 Å². The van der Waals surface area contributed by atoms with Gasteiger partial charge in [-0.15, -0.1) is 0 Å². The Labute approximate surface area is 107 Å². The summed E-state index contributed by atoms with van der Waals surface area (Å²) in [4.78, 5) is 23.3. The maximum atomic E-state index is 10.7. The molecule has 1 rings (SSSR count). The molecule has 8 nitrogen and oxygen atoms in total. The van der Waals surface area contributed by atoms with Gasteiger partial charge in [0.05, 0.1) is 10.5 Å². The molecule has 0 aliphatic rings. The topological polar surface area (TPSA) is 129 Å². The molecule has 0 heterocycles. The summed E-state index contributed by atoms with van der Waals surface area (Å²) in [6.07, 6.45) is 3.78. The molecule has 0 atom stereocenters. The SMILES string of the molecule is [N-]=[N+]=NCCC=Cc1cc([N+](=O)[O-])cc(C=O)c1O. The Morgan fingerprint density at radius 2 is 2.16 bits per heavy atom. The van der Waals surface area contributed by atoms with Crippen LogP contribution in [0.2, 0.25) is 0 Å². The van der Waals surface area contributed by atoms with Crippen LogP contribution in [0.25, 0.3) is 16.5 Å². The van der Waals surface area contributed by atoms with Crippen LogP contribution in [0.3, 0.4) is 0 Å². The number of hydrogen-bond acceptors (Lipinski definition) is 5. The van der Waals surface area contributed by atoms with E-state index in [-0.39, 0.29) is 29.1 Å². The maximum absolute atomic E-state index is 10.7. The lowest BCUT2D eigenvalue weighted by Gasteiger charge is -2.02. The maximum Gasteiger partial charge on any atom is 0.271 e. The first-order valence-corrected chi connectivity index (χ1v) is 5.24. The third-order valence-electron chi connectivity index (χ3n) is 2.25. The highest BCUT2D eigenvalue weighted by molar-refractivity contribution is 5.83. The minimum atomic E-state index is -0.649. The first kappa shape index (κ1) is 14.2. The lowest BCUT2D eigenvalue weighted by Crippen LogP contribution is -1.93. The smallest absolute Gasteiger partial charge is 0.271 e. The number of carbonyl (C=O) groups excluding carboxylic acids is 1. The van der Waals surface area contributed by atoms with Crippen LogP contribution < -0.4 is 0 Å². The van der Waals surface area contributed by atoms with E-state index in [1.165, 1.54) is 6.08 Å². The van der Waals surface area contributed by atoms with Crippen molar-refractivity contribution in [3.05, 3.63) is 49.9 Å². The number of hydrogen-bond donors (Lipinski definition) is 1. The van der Waals surface area contributed by atoms with E-state index in [9.17, 15) is 20.0 Å². The second-order valence-electron chi connectivity index (χ2n) is 3.49. The van der Waals surface area contributed by atoms with Gasteiger partial charge in [-0.3, -0.25) is 14.9 Å². The van der Waals surface area contributed by atoms with Crippen molar-refractivity contribution >= 4 is 18.0 Å². The van der Waals surface area contributed by atoms with Crippen LogP contribution in [-0.2, 0) is 0 Å². The normalized spacial score (nSPS) is 10.1. The predicted octanol–water partition coefficient (Wildman–Crippen LogP) is 2.83. The Kier molecular flexibility index (Phi) is 5.06. The predicted molar refractivity (Wildman–Crippen MR) is 67.8 cm³/mol. The third kappa shape index (κ3) is 3.83. The first-order valence-electron chi connectivity index (χ1n) is 5.24. The van der Waals surface area contributed by atoms with Gasteiger partial charge in [0.1, 0.15) is 5.75 Å². The van der Waals surface area contributed by atoms with Crippen LogP contribution in [0.4, 0.5) is 5.69 Å². The van der Waals surface area contributed by atoms with Crippen molar-refractivity contribution in [2.45, 2.75) is 6.42 Å². The van der Waals surface area contributed by atoms with Crippen molar-refractivity contribution in [2.24, 2.45) is 5.11 Å². The van der Waals surface area contributed by atoms with Crippen molar-refractivity contribution in [3.63, 3.8) is 0 Å². The van der Waals surface area contributed by atoms with Gasteiger partial charge in [-0.2, -0.15) is 0 Å². The third-order valence-corrected chi connectivity index (χ3v) is 2.25. The summed E-state index contributed by atoms with van der Waals surface area (Å²) < 4.78 is 0. The van der Waals surface area contributed by atoms with E-state index in [1.54, 1.807) is 6.08 Å². The van der Waals surface area contributed by atoms with Crippen molar-refractivity contribution < 1.29 is 14.8 Å². The minimum Gasteiger partial charge on any atom is -0.507 e. The lowest BCUT2D eigenvalue weighted by atomic mass is 10.1. The van der Waals surface area contributed by atoms with Crippen LogP contribution >= 0.6 is 0 Å². The summed E-state index contributed by atoms with van der Waals surface area (Å²) in [5.41, 5.74) is 7.81. The fraction of sp³-hybridized carbons (Fsp3) is 0.182. The molecule has 0 radical (unpaired) electrons. The van der Waals surface area contributed by atoms with E-state index in [4.69, 9.17) is 5.53 Å². The number of rotatable bonds is 6. The van der Waals surface area contributed by atoms with Crippen molar-refractivity contribution in [3.8, 4) is 5.75 Å². The van der Waals surface area contributed by atoms with Crippen molar-refractivity contribution in [1.29, 1.82) is 0 Å². The van der Waals surface area contributed by atoms with Crippen LogP contribution in [0.5, 0.6) is 5.75 Å². The van der Waals surface area contributed by atoms with Gasteiger partial charge < -0.3 is 5.11 Å². The van der Waals surface area contributed by atoms with Gasteiger partial charge in [-0.05, 0) is 12.0 Å². The lowest BCUT2D eigenvalue weighted by molar-refractivity contribution is -0.384. The fourth-order valence-electron chi connectivity index (χ4n) is 1.37. The Bertz CT molecular complexity index is 576. The summed E-state index contributed by atoms with van der Waals surface area (Å²) in [6, 6.07) is 2.16. The number of non-ortho nitro benzene ring substituents is 1. The molecule has 0 amide bonds. The number of nitro benzene ring substituents is 1. The molecule has 0 unspecified atom stereocenters. The highest BCUT2D eigenvalue weighted by Gasteiger charge is 2.14. The quantitative estimate of drug-likeness (QED) is 0.161. The molecule has 0 saturated heterocycles. The largest absolute Gasteiger partial charge is 0.507 e. The molecule has 1 aromatic carbocycles. The number of aromatic hydroxyl groups is 1. The molecule has 0 bridgehead atoms. The Morgan fingerprint density at radius 1 is 1.47 bits per heavy atom. The zero-order valence-electron chi connectivity index (χ0n) is 9.76. The second kappa shape index (κ2) is 6.77. The Hall–Kier alpha value is -2.86. The van der Waals surface area contributed by atoms with Crippen LogP contribution in [0.1, 0.15) is 22.3 Å². The average Bonchev–Trinajstić information content (AvgIpc) is 2.40. The Morgan fingerprint density at radius 3 is 2.74 bits per heavy atom. The zero-order chi connectivity index (χ0) is 14.3. The van der Waals surface area contributed by atoms with Gasteiger partial charge in [-0.25, -0.2) is 0 Å². The van der Waals surface area contributed by atoms with E-state index in [0.29, 0.717) is 12.7 Å². The van der Waals surface area contributed by atoms with E-state index in [2.05, 4.69) is 10.0 Å². The van der Waals surface area contributed by atoms with Gasteiger partial charge in [0.15, 0.2) is 6.29 Å². The summed E-state index contributed by atoms with van der Waals surface area (Å²) >= 11 is 0. The first-order chi connectivity index (χ1) is 9.10. The summed E-state index contributed by atoms with van der Waals surface area (Å²) in [7, 11) is 0. The molecule has 1 aromatic rings. The molecule has 0 fully saturated rings. The molecule has 0 spiro atoms. The number of nitro groups is 1. The second-order valence-corrected chi connectivity index (χ2v) is 3.49. The molecule has 0 aromatic heterocycles. The van der Waals surface area contributed by atoms with Gasteiger partial charge in [0.25, 0.3) is 5.69 Å². The molecular formula is C11H10N4O4. The highest BCUT2D eigenvalue weighted by Crippen LogP contribution is 2.28. The molecule has 0 aliphatic heterocycles. The monoisotopic (exact) mass is 262 g/mol. The standard InChI is InChI=1S/C11H10N4O4/c12-14-13-4-2-1-3-8-5-10(15(18)19)6-9(7-16)11(8)17/h1,3,5-7,17H,2,4H2. The van der Waals surface area contributed by atoms with Gasteiger partial charge in [-0.1, -0.05) is 17.3 Å². The molecule has 8 heteroatoms. The van der Waals surface area contributed by atoms with E-state index < -0.39 is 4.92 Å². The fourth-order valence-corrected chi connectivity index (χ4v) is 1.37. The van der Waals surface area contributed by atoms with E-state index in [0.717, 1.165) is 12.1 Å². The number of benzene rings is 1. The highest BCUT2D eigenvalue weighted by atomic mass is 16.6. The van der Waals surface area contributed by atoms with Crippen molar-refractivity contribution in [1.82, 2.24) is 0 Å². The summed E-state index contributed by atoms with van der Waals surface area (Å²) in [5, 5.41) is 23.7. The van der Waals surface area contributed by atoms with Gasteiger partial charge in [0.2, 0.25) is 0 Å². The minimum absolute atomic E-state index is 0.149. The van der Waals surface area contributed by atoms with Crippen LogP contribution in [0.15, 0.2) is 23.3 Å². The molecule has 0 aliphatic carbocycles. The zero-order valence-corrected chi connectivity index (χ0v) is 9.76. The average molecular weight is 262 g/mol. The number of phenols is 1. The molecule has 98 valence electrons. The summed E-state index contributed by atoms with van der Waals surface area (Å²) in [5.74, 6) is -0.319. The van der Waals surface area contributed by atoms with Gasteiger partial charge >= 0.3 is 0 Å². The number of azide groups is 1. The van der Waals surface area contributed by atoms with Crippen LogP contribution in [0, 0.1) is 10.1 Å². The number of carbonyl (C=O) groups is 1. The number of phenolic OH excluding ortho intramolecular Hbond substituents is 1. The van der Waals surface area contributed by atoms with E-state index in [1.807, 2.05) is 0 Å². The summed E-state index contributed by atoms with van der Waals surface area (Å²) in [6.45, 7) is 0.239. The number of aldehydes is 1. The Balaban J connectivity index is 3.04. The van der Waals surface area contributed by atoms with Crippen molar-refractivity contribution in [2.75, 3.05) is 6.54 Å². The van der Waals surface area contributed by atoms with Gasteiger partial charge in [0, 0.05) is 29.2 Å². The molecule has 19 heavy (non-hydrogen) atoms. The molecule has 0 saturated carbocycles. The number of nitrogens with zero attached hydrogens (tertiary/aromatic N) is 4.